The normalized spacial score (nSPS) is 10.0. The molecule has 0 aliphatic carbocycles. The highest BCUT2D eigenvalue weighted by Gasteiger charge is 1.97. The van der Waals surface area contributed by atoms with Gasteiger partial charge in [0.2, 0.25) is 0 Å². The Bertz CT molecular complexity index is 500. The van der Waals surface area contributed by atoms with Gasteiger partial charge in [0.25, 0.3) is 0 Å². The van der Waals surface area contributed by atoms with Gasteiger partial charge in [0.05, 0.1) is 0 Å². The van der Waals surface area contributed by atoms with E-state index in [1.807, 2.05) is 31.3 Å². The largest absolute Gasteiger partial charge is 0.373 e. The molecule has 0 radical (unpaired) electrons. The number of nitrogens with one attached hydrogen (secondary N) is 2. The van der Waals surface area contributed by atoms with E-state index in [4.69, 9.17) is 0 Å². The molecule has 0 amide bonds. The maximum atomic E-state index is 13.0. The highest BCUT2D eigenvalue weighted by Crippen LogP contribution is 2.10. The Balaban J connectivity index is 2.02. The van der Waals surface area contributed by atoms with Crippen LogP contribution in [-0.2, 0) is 6.54 Å². The summed E-state index contributed by atoms with van der Waals surface area (Å²) < 4.78 is 13.0. The number of aromatic nitrogens is 1. The van der Waals surface area contributed by atoms with Gasteiger partial charge in [0.1, 0.15) is 17.5 Å². The Morgan fingerprint density at radius 2 is 1.88 bits per heavy atom. The minimum Gasteiger partial charge on any atom is -0.373 e. The van der Waals surface area contributed by atoms with Crippen molar-refractivity contribution >= 4 is 11.6 Å². The van der Waals surface area contributed by atoms with Crippen molar-refractivity contribution in [1.82, 2.24) is 4.98 Å². The number of hydrogen-bond donors (Lipinski definition) is 2. The summed E-state index contributed by atoms with van der Waals surface area (Å²) >= 11 is 0. The first-order valence-corrected chi connectivity index (χ1v) is 5.41. The summed E-state index contributed by atoms with van der Waals surface area (Å²) in [6, 6.07) is 12.2. The molecule has 0 aliphatic heterocycles. The molecule has 17 heavy (non-hydrogen) atoms. The Labute approximate surface area is 99.7 Å². The molecule has 88 valence electrons. The quantitative estimate of drug-likeness (QED) is 0.849. The second-order valence-electron chi connectivity index (χ2n) is 3.64. The van der Waals surface area contributed by atoms with Gasteiger partial charge in [-0.3, -0.25) is 0 Å². The van der Waals surface area contributed by atoms with Crippen molar-refractivity contribution in [3.63, 3.8) is 0 Å². The van der Waals surface area contributed by atoms with E-state index in [9.17, 15) is 4.39 Å². The van der Waals surface area contributed by atoms with E-state index in [-0.39, 0.29) is 5.82 Å². The molecule has 0 atom stereocenters. The first-order chi connectivity index (χ1) is 8.28. The molecule has 3 nitrogen and oxygen atoms in total. The lowest BCUT2D eigenvalue weighted by molar-refractivity contribution is 0.626. The summed E-state index contributed by atoms with van der Waals surface area (Å²) in [7, 11) is 1.82. The molecule has 0 bridgehead atoms. The molecule has 0 fully saturated rings. The fraction of sp³-hybridized carbons (Fsp3) is 0.154. The lowest BCUT2D eigenvalue weighted by Gasteiger charge is -2.07. The van der Waals surface area contributed by atoms with Gasteiger partial charge in [-0.25, -0.2) is 9.37 Å². The fourth-order valence-electron chi connectivity index (χ4n) is 1.51. The molecule has 0 spiro atoms. The van der Waals surface area contributed by atoms with Crippen LogP contribution < -0.4 is 10.6 Å². The molecule has 2 rings (SSSR count). The number of hydrogen-bond acceptors (Lipinski definition) is 3. The second-order valence-corrected chi connectivity index (χ2v) is 3.64. The summed E-state index contributed by atoms with van der Waals surface area (Å²) in [5.41, 5.74) is 0.890. The Kier molecular flexibility index (Phi) is 3.55. The summed E-state index contributed by atoms with van der Waals surface area (Å²) in [5.74, 6) is 1.34. The Morgan fingerprint density at radius 3 is 2.65 bits per heavy atom. The van der Waals surface area contributed by atoms with E-state index in [0.29, 0.717) is 6.54 Å². The van der Waals surface area contributed by atoms with Crippen molar-refractivity contribution in [1.29, 1.82) is 0 Å². The first-order valence-electron chi connectivity index (χ1n) is 5.41. The lowest BCUT2D eigenvalue weighted by atomic mass is 10.2. The van der Waals surface area contributed by atoms with Gasteiger partial charge in [-0.05, 0) is 29.8 Å². The van der Waals surface area contributed by atoms with Crippen LogP contribution in [0, 0.1) is 5.82 Å². The number of halogens is 1. The van der Waals surface area contributed by atoms with Gasteiger partial charge >= 0.3 is 0 Å². The van der Waals surface area contributed by atoms with Gasteiger partial charge in [-0.15, -0.1) is 0 Å². The van der Waals surface area contributed by atoms with E-state index >= 15 is 0 Å². The maximum absolute atomic E-state index is 13.0. The van der Waals surface area contributed by atoms with Gasteiger partial charge in [0, 0.05) is 13.6 Å². The molecular weight excluding hydrogens is 217 g/mol. The summed E-state index contributed by atoms with van der Waals surface area (Å²) in [5, 5.41) is 6.11. The molecule has 4 heteroatoms. The zero-order valence-electron chi connectivity index (χ0n) is 9.57. The predicted molar refractivity (Wildman–Crippen MR) is 67.5 cm³/mol. The zero-order chi connectivity index (χ0) is 12.1. The van der Waals surface area contributed by atoms with Crippen LogP contribution in [-0.4, -0.2) is 12.0 Å². The van der Waals surface area contributed by atoms with Crippen LogP contribution in [0.1, 0.15) is 5.56 Å². The van der Waals surface area contributed by atoms with E-state index in [1.165, 1.54) is 12.1 Å². The zero-order valence-corrected chi connectivity index (χ0v) is 9.57. The third-order valence-electron chi connectivity index (χ3n) is 2.37. The molecule has 0 aliphatic rings. The smallest absolute Gasteiger partial charge is 0.128 e. The fourth-order valence-corrected chi connectivity index (χ4v) is 1.51. The van der Waals surface area contributed by atoms with Crippen LogP contribution in [0.4, 0.5) is 16.0 Å². The minimum atomic E-state index is -0.221. The number of benzene rings is 1. The van der Waals surface area contributed by atoms with Crippen molar-refractivity contribution in [2.45, 2.75) is 6.54 Å². The Morgan fingerprint density at radius 1 is 1.12 bits per heavy atom. The lowest BCUT2D eigenvalue weighted by Crippen LogP contribution is -2.02. The van der Waals surface area contributed by atoms with Crippen LogP contribution in [0.3, 0.4) is 0 Å². The van der Waals surface area contributed by atoms with Crippen molar-refractivity contribution in [2.24, 2.45) is 0 Å². The van der Waals surface area contributed by atoms with E-state index in [1.54, 1.807) is 6.07 Å². The molecule has 0 saturated heterocycles. The SMILES string of the molecule is CNc1cccc(NCc2cccc(F)c2)n1. The number of nitrogens with zero attached hydrogens (tertiary/aromatic N) is 1. The molecule has 1 aromatic heterocycles. The standard InChI is InChI=1S/C13H14FN3/c1-15-12-6-3-7-13(17-12)16-9-10-4-2-5-11(14)8-10/h2-8H,9H2,1H3,(H2,15,16,17). The van der Waals surface area contributed by atoms with E-state index in [0.717, 1.165) is 17.2 Å². The minimum absolute atomic E-state index is 0.221. The van der Waals surface area contributed by atoms with Crippen LogP contribution in [0.25, 0.3) is 0 Å². The van der Waals surface area contributed by atoms with Gasteiger partial charge in [-0.2, -0.15) is 0 Å². The maximum Gasteiger partial charge on any atom is 0.128 e. The van der Waals surface area contributed by atoms with Gasteiger partial charge in [0.15, 0.2) is 0 Å². The van der Waals surface area contributed by atoms with Crippen LogP contribution in [0.5, 0.6) is 0 Å². The molecule has 1 aromatic carbocycles. The van der Waals surface area contributed by atoms with E-state index < -0.39 is 0 Å². The summed E-state index contributed by atoms with van der Waals surface area (Å²) in [4.78, 5) is 4.31. The molecule has 0 unspecified atom stereocenters. The topological polar surface area (TPSA) is 37.0 Å². The highest BCUT2D eigenvalue weighted by atomic mass is 19.1. The van der Waals surface area contributed by atoms with Gasteiger partial charge < -0.3 is 10.6 Å². The van der Waals surface area contributed by atoms with Gasteiger partial charge in [-0.1, -0.05) is 18.2 Å². The molecular formula is C13H14FN3. The summed E-state index contributed by atoms with van der Waals surface area (Å²) in [6.45, 7) is 0.553. The monoisotopic (exact) mass is 231 g/mol. The number of pyridine rings is 1. The molecule has 2 N–H and O–H groups in total. The van der Waals surface area contributed by atoms with Crippen molar-refractivity contribution in [3.05, 3.63) is 53.8 Å². The van der Waals surface area contributed by atoms with Crippen molar-refractivity contribution in [2.75, 3.05) is 17.7 Å². The average molecular weight is 231 g/mol. The first kappa shape index (κ1) is 11.4. The number of rotatable bonds is 4. The average Bonchev–Trinajstić information content (AvgIpc) is 2.37. The summed E-state index contributed by atoms with van der Waals surface area (Å²) in [6.07, 6.45) is 0. The Hall–Kier alpha value is -2.10. The second kappa shape index (κ2) is 5.30. The number of anilines is 2. The molecule has 2 aromatic rings. The van der Waals surface area contributed by atoms with Crippen molar-refractivity contribution < 1.29 is 4.39 Å². The molecule has 0 saturated carbocycles. The highest BCUT2D eigenvalue weighted by molar-refractivity contribution is 5.45. The van der Waals surface area contributed by atoms with Crippen molar-refractivity contribution in [3.8, 4) is 0 Å². The molecule has 1 heterocycles. The van der Waals surface area contributed by atoms with Crippen LogP contribution >= 0.6 is 0 Å². The predicted octanol–water partition coefficient (Wildman–Crippen LogP) is 2.87. The third-order valence-corrected chi connectivity index (χ3v) is 2.37. The van der Waals surface area contributed by atoms with Crippen LogP contribution in [0.15, 0.2) is 42.5 Å². The van der Waals surface area contributed by atoms with Crippen LogP contribution in [0.2, 0.25) is 0 Å². The third kappa shape index (κ3) is 3.17. The van der Waals surface area contributed by atoms with E-state index in [2.05, 4.69) is 15.6 Å².